The number of phenols is 2. The van der Waals surface area contributed by atoms with Gasteiger partial charge in [-0.25, -0.2) is 0 Å². The molecular formula is C19H21NO5. The maximum atomic E-state index is 10.3. The number of hydrogen-bond acceptors (Lipinski definition) is 6. The molecule has 1 aliphatic rings. The van der Waals surface area contributed by atoms with Crippen molar-refractivity contribution in [3.05, 3.63) is 47.0 Å². The minimum atomic E-state index is -0.0431. The SMILES string of the molecule is CON=C(Cc1ccc2c(c1)OCO2)c1cc(C(C)C)c(O)cc1O. The minimum Gasteiger partial charge on any atom is -0.508 e. The molecule has 0 radical (unpaired) electrons. The molecule has 25 heavy (non-hydrogen) atoms. The first-order valence-electron chi connectivity index (χ1n) is 8.04. The van der Waals surface area contributed by atoms with Crippen molar-refractivity contribution in [2.24, 2.45) is 5.16 Å². The molecule has 0 aliphatic carbocycles. The van der Waals surface area contributed by atoms with Gasteiger partial charge < -0.3 is 24.5 Å². The van der Waals surface area contributed by atoms with Crippen molar-refractivity contribution in [3.63, 3.8) is 0 Å². The van der Waals surface area contributed by atoms with E-state index in [0.717, 1.165) is 11.1 Å². The van der Waals surface area contributed by atoms with Gasteiger partial charge in [0.1, 0.15) is 18.6 Å². The predicted octanol–water partition coefficient (Wildman–Crippen LogP) is 3.54. The molecule has 0 unspecified atom stereocenters. The zero-order valence-corrected chi connectivity index (χ0v) is 14.4. The van der Waals surface area contributed by atoms with Crippen molar-refractivity contribution in [2.45, 2.75) is 26.2 Å². The van der Waals surface area contributed by atoms with E-state index in [2.05, 4.69) is 5.16 Å². The topological polar surface area (TPSA) is 80.5 Å². The molecule has 2 N–H and O–H groups in total. The van der Waals surface area contributed by atoms with E-state index < -0.39 is 0 Å². The highest BCUT2D eigenvalue weighted by Gasteiger charge is 2.19. The van der Waals surface area contributed by atoms with Crippen LogP contribution in [0.3, 0.4) is 0 Å². The third kappa shape index (κ3) is 3.47. The summed E-state index contributed by atoms with van der Waals surface area (Å²) in [6, 6.07) is 8.74. The molecule has 2 aromatic carbocycles. The van der Waals surface area contributed by atoms with Gasteiger partial charge in [0.25, 0.3) is 0 Å². The fourth-order valence-corrected chi connectivity index (χ4v) is 2.82. The lowest BCUT2D eigenvalue weighted by molar-refractivity contribution is 0.174. The Kier molecular flexibility index (Phi) is 4.70. The van der Waals surface area contributed by atoms with E-state index in [0.29, 0.717) is 29.2 Å². The molecule has 1 aliphatic heterocycles. The Labute approximate surface area is 146 Å². The first kappa shape index (κ1) is 17.0. The normalized spacial score (nSPS) is 13.4. The second-order valence-corrected chi connectivity index (χ2v) is 6.17. The molecule has 0 atom stereocenters. The molecule has 2 aromatic rings. The second-order valence-electron chi connectivity index (χ2n) is 6.17. The molecule has 6 nitrogen and oxygen atoms in total. The summed E-state index contributed by atoms with van der Waals surface area (Å²) in [6.07, 6.45) is 0.431. The summed E-state index contributed by atoms with van der Waals surface area (Å²) >= 11 is 0. The Morgan fingerprint density at radius 3 is 2.60 bits per heavy atom. The lowest BCUT2D eigenvalue weighted by Gasteiger charge is -2.14. The number of nitrogens with zero attached hydrogens (tertiary/aromatic N) is 1. The van der Waals surface area contributed by atoms with Gasteiger partial charge in [-0.15, -0.1) is 0 Å². The summed E-state index contributed by atoms with van der Waals surface area (Å²) in [5, 5.41) is 24.4. The standard InChI is InChI=1S/C19H21NO5/c1-11(2)13-8-14(17(22)9-16(13)21)15(20-23-3)6-12-4-5-18-19(7-12)25-10-24-18/h4-5,7-9,11,21-22H,6,10H2,1-3H3. The Morgan fingerprint density at radius 2 is 1.88 bits per heavy atom. The van der Waals surface area contributed by atoms with Gasteiger partial charge in [-0.3, -0.25) is 0 Å². The zero-order valence-electron chi connectivity index (χ0n) is 14.4. The van der Waals surface area contributed by atoms with Crippen molar-refractivity contribution in [2.75, 3.05) is 13.9 Å². The van der Waals surface area contributed by atoms with E-state index in [1.54, 1.807) is 6.07 Å². The summed E-state index contributed by atoms with van der Waals surface area (Å²) < 4.78 is 10.7. The summed E-state index contributed by atoms with van der Waals surface area (Å²) in [4.78, 5) is 4.97. The van der Waals surface area contributed by atoms with Crippen molar-refractivity contribution in [1.82, 2.24) is 0 Å². The number of hydrogen-bond donors (Lipinski definition) is 2. The van der Waals surface area contributed by atoms with Crippen LogP contribution < -0.4 is 9.47 Å². The second kappa shape index (κ2) is 6.93. The van der Waals surface area contributed by atoms with Gasteiger partial charge in [-0.05, 0) is 35.2 Å². The highest BCUT2D eigenvalue weighted by Crippen LogP contribution is 2.35. The van der Waals surface area contributed by atoms with E-state index in [1.807, 2.05) is 32.0 Å². The fourth-order valence-electron chi connectivity index (χ4n) is 2.82. The van der Waals surface area contributed by atoms with Crippen LogP contribution in [0.15, 0.2) is 35.5 Å². The summed E-state index contributed by atoms with van der Waals surface area (Å²) in [6.45, 7) is 4.16. The molecule has 0 fully saturated rings. The van der Waals surface area contributed by atoms with Crippen LogP contribution in [0.2, 0.25) is 0 Å². The van der Waals surface area contributed by atoms with Gasteiger partial charge in [0.05, 0.1) is 5.71 Å². The Hall–Kier alpha value is -2.89. The molecule has 0 aromatic heterocycles. The number of rotatable bonds is 5. The van der Waals surface area contributed by atoms with E-state index in [4.69, 9.17) is 14.3 Å². The zero-order chi connectivity index (χ0) is 18.0. The lowest BCUT2D eigenvalue weighted by Crippen LogP contribution is -2.08. The molecule has 3 rings (SSSR count). The molecule has 0 amide bonds. The van der Waals surface area contributed by atoms with Gasteiger partial charge in [0.15, 0.2) is 11.5 Å². The fraction of sp³-hybridized carbons (Fsp3) is 0.316. The number of aromatic hydroxyl groups is 2. The quantitative estimate of drug-likeness (QED) is 0.641. The van der Waals surface area contributed by atoms with Crippen LogP contribution in [0.5, 0.6) is 23.0 Å². The van der Waals surface area contributed by atoms with Gasteiger partial charge in [-0.2, -0.15) is 0 Å². The highest BCUT2D eigenvalue weighted by molar-refractivity contribution is 6.04. The molecule has 0 saturated heterocycles. The first-order chi connectivity index (χ1) is 12.0. The number of phenolic OH excluding ortho intramolecular Hbond substituents is 2. The number of ether oxygens (including phenoxy) is 2. The summed E-state index contributed by atoms with van der Waals surface area (Å²) in [7, 11) is 1.46. The largest absolute Gasteiger partial charge is 0.508 e. The average molecular weight is 343 g/mol. The smallest absolute Gasteiger partial charge is 0.231 e. The van der Waals surface area contributed by atoms with Crippen molar-refractivity contribution < 1.29 is 24.5 Å². The molecule has 6 heteroatoms. The van der Waals surface area contributed by atoms with Gasteiger partial charge in [-0.1, -0.05) is 25.1 Å². The number of benzene rings is 2. The van der Waals surface area contributed by atoms with Crippen molar-refractivity contribution >= 4 is 5.71 Å². The van der Waals surface area contributed by atoms with Crippen LogP contribution >= 0.6 is 0 Å². The molecular weight excluding hydrogens is 322 g/mol. The van der Waals surface area contributed by atoms with Crippen molar-refractivity contribution in [3.8, 4) is 23.0 Å². The van der Waals surface area contributed by atoms with E-state index in [-0.39, 0.29) is 24.2 Å². The summed E-state index contributed by atoms with van der Waals surface area (Å²) in [5.41, 5.74) is 2.77. The number of fused-ring (bicyclic) bond motifs is 1. The first-order valence-corrected chi connectivity index (χ1v) is 8.04. The monoisotopic (exact) mass is 343 g/mol. The molecule has 132 valence electrons. The van der Waals surface area contributed by atoms with Gasteiger partial charge >= 0.3 is 0 Å². The average Bonchev–Trinajstić information content (AvgIpc) is 3.02. The van der Waals surface area contributed by atoms with Crippen LogP contribution in [0, 0.1) is 0 Å². The summed E-state index contributed by atoms with van der Waals surface area (Å²) in [5.74, 6) is 1.53. The van der Waals surface area contributed by atoms with Crippen LogP contribution in [-0.2, 0) is 11.3 Å². The van der Waals surface area contributed by atoms with E-state index in [1.165, 1.54) is 13.2 Å². The van der Waals surface area contributed by atoms with Gasteiger partial charge in [0.2, 0.25) is 6.79 Å². The number of oxime groups is 1. The highest BCUT2D eigenvalue weighted by atomic mass is 16.7. The molecule has 0 bridgehead atoms. The van der Waals surface area contributed by atoms with Crippen LogP contribution in [0.4, 0.5) is 0 Å². The predicted molar refractivity (Wildman–Crippen MR) is 93.7 cm³/mol. The van der Waals surface area contributed by atoms with E-state index >= 15 is 0 Å². The van der Waals surface area contributed by atoms with Crippen LogP contribution in [0.25, 0.3) is 0 Å². The maximum absolute atomic E-state index is 10.3. The van der Waals surface area contributed by atoms with Gasteiger partial charge in [0, 0.05) is 18.1 Å². The third-order valence-electron chi connectivity index (χ3n) is 4.09. The Morgan fingerprint density at radius 1 is 1.12 bits per heavy atom. The Balaban J connectivity index is 1.97. The Bertz CT molecular complexity index is 814. The van der Waals surface area contributed by atoms with Crippen LogP contribution in [0.1, 0.15) is 36.5 Å². The van der Waals surface area contributed by atoms with E-state index in [9.17, 15) is 10.2 Å². The molecule has 1 heterocycles. The van der Waals surface area contributed by atoms with Crippen LogP contribution in [-0.4, -0.2) is 29.8 Å². The minimum absolute atomic E-state index is 0.0431. The maximum Gasteiger partial charge on any atom is 0.231 e. The molecule has 0 spiro atoms. The lowest BCUT2D eigenvalue weighted by atomic mass is 9.94. The third-order valence-corrected chi connectivity index (χ3v) is 4.09. The molecule has 0 saturated carbocycles. The van der Waals surface area contributed by atoms with Crippen molar-refractivity contribution in [1.29, 1.82) is 0 Å².